The molecular weight excluding hydrogens is 418 g/mol. The zero-order valence-electron chi connectivity index (χ0n) is 16.1. The van der Waals surface area contributed by atoms with E-state index in [0.29, 0.717) is 44.9 Å². The van der Waals surface area contributed by atoms with Crippen molar-refractivity contribution < 1.29 is 9.59 Å². The Labute approximate surface area is 181 Å². The molecule has 2 aromatic heterocycles. The Morgan fingerprint density at radius 3 is 2.81 bits per heavy atom. The molecule has 1 aliphatic carbocycles. The number of amides is 2. The van der Waals surface area contributed by atoms with E-state index in [4.69, 9.17) is 16.9 Å². The van der Waals surface area contributed by atoms with Gasteiger partial charge in [0.2, 0.25) is 5.91 Å². The van der Waals surface area contributed by atoms with Crippen LogP contribution in [0.15, 0.2) is 36.0 Å². The van der Waals surface area contributed by atoms with E-state index < -0.39 is 5.91 Å². The molecule has 0 radical (unpaired) electrons. The summed E-state index contributed by atoms with van der Waals surface area (Å²) in [6.45, 7) is 0. The Bertz CT molecular complexity index is 1320. The van der Waals surface area contributed by atoms with Crippen LogP contribution in [0.25, 0.3) is 11.7 Å². The van der Waals surface area contributed by atoms with Crippen LogP contribution in [0.4, 0.5) is 17.3 Å². The molecule has 2 fully saturated rings. The van der Waals surface area contributed by atoms with Crippen LogP contribution in [-0.2, 0) is 9.59 Å². The van der Waals surface area contributed by atoms with Gasteiger partial charge in [-0.15, -0.1) is 0 Å². The minimum Gasteiger partial charge on any atom is -0.367 e. The zero-order chi connectivity index (χ0) is 21.5. The van der Waals surface area contributed by atoms with E-state index in [2.05, 4.69) is 26.0 Å². The number of rotatable bonds is 5. The van der Waals surface area contributed by atoms with E-state index in [-0.39, 0.29) is 12.3 Å². The van der Waals surface area contributed by atoms with Crippen LogP contribution in [0.2, 0.25) is 5.02 Å². The molecule has 1 saturated heterocycles. The second-order valence-corrected chi connectivity index (χ2v) is 7.84. The maximum absolute atomic E-state index is 12.0. The van der Waals surface area contributed by atoms with Crippen molar-refractivity contribution in [3.8, 4) is 6.07 Å². The predicted molar refractivity (Wildman–Crippen MR) is 115 cm³/mol. The molecule has 1 saturated carbocycles. The molecule has 10 heteroatoms. The third-order valence-electron chi connectivity index (χ3n) is 5.02. The molecule has 3 heterocycles. The lowest BCUT2D eigenvalue weighted by atomic mass is 10.1. The van der Waals surface area contributed by atoms with E-state index in [1.54, 1.807) is 35.0 Å². The fourth-order valence-electron chi connectivity index (χ4n) is 3.33. The summed E-state index contributed by atoms with van der Waals surface area (Å²) in [5, 5.41) is 22.7. The van der Waals surface area contributed by atoms with Gasteiger partial charge in [-0.25, -0.2) is 4.98 Å². The smallest absolute Gasteiger partial charge is 0.254 e. The van der Waals surface area contributed by atoms with Crippen molar-refractivity contribution in [2.24, 2.45) is 0 Å². The van der Waals surface area contributed by atoms with E-state index in [1.807, 2.05) is 12.1 Å². The highest BCUT2D eigenvalue weighted by molar-refractivity contribution is 6.32. The van der Waals surface area contributed by atoms with Crippen molar-refractivity contribution in [2.45, 2.75) is 25.3 Å². The largest absolute Gasteiger partial charge is 0.367 e. The number of nitriles is 1. The van der Waals surface area contributed by atoms with Gasteiger partial charge in [0.15, 0.2) is 5.65 Å². The van der Waals surface area contributed by atoms with Crippen LogP contribution >= 0.6 is 11.6 Å². The van der Waals surface area contributed by atoms with Crippen LogP contribution in [-0.4, -0.2) is 32.5 Å². The van der Waals surface area contributed by atoms with Crippen LogP contribution < -0.4 is 16.0 Å². The molecule has 3 aromatic rings. The van der Waals surface area contributed by atoms with Gasteiger partial charge in [-0.2, -0.15) is 14.9 Å². The highest BCUT2D eigenvalue weighted by Gasteiger charge is 2.25. The number of nitrogens with zero attached hydrogens (tertiary/aromatic N) is 4. The molecule has 0 atom stereocenters. The van der Waals surface area contributed by atoms with Crippen molar-refractivity contribution >= 4 is 52.5 Å². The lowest BCUT2D eigenvalue weighted by Crippen LogP contribution is -2.19. The first-order chi connectivity index (χ1) is 15.0. The maximum Gasteiger partial charge on any atom is 0.254 e. The van der Waals surface area contributed by atoms with Crippen LogP contribution in [0.5, 0.6) is 0 Å². The zero-order valence-corrected chi connectivity index (χ0v) is 16.9. The van der Waals surface area contributed by atoms with Crippen molar-refractivity contribution in [1.29, 1.82) is 5.26 Å². The Morgan fingerprint density at radius 1 is 1.29 bits per heavy atom. The maximum atomic E-state index is 12.0. The summed E-state index contributed by atoms with van der Waals surface area (Å²) >= 11 is 6.15. The Balaban J connectivity index is 1.56. The number of fused-ring (bicyclic) bond motifs is 1. The quantitative estimate of drug-likeness (QED) is 0.417. The van der Waals surface area contributed by atoms with Crippen LogP contribution in [0.3, 0.4) is 0 Å². The third kappa shape index (κ3) is 3.81. The number of aromatic nitrogens is 3. The van der Waals surface area contributed by atoms with Gasteiger partial charge in [-0.3, -0.25) is 14.9 Å². The number of benzene rings is 1. The fourth-order valence-corrected chi connectivity index (χ4v) is 3.55. The third-order valence-corrected chi connectivity index (χ3v) is 5.33. The lowest BCUT2D eigenvalue weighted by molar-refractivity contribution is -0.124. The summed E-state index contributed by atoms with van der Waals surface area (Å²) in [5.41, 5.74) is 2.60. The summed E-state index contributed by atoms with van der Waals surface area (Å²) in [4.78, 5) is 28.1. The van der Waals surface area contributed by atoms with Gasteiger partial charge in [0, 0.05) is 28.9 Å². The number of halogens is 1. The molecule has 0 spiro atoms. The number of hydrogen-bond donors (Lipinski definition) is 3. The average Bonchev–Trinajstić information content (AvgIpc) is 3.37. The molecule has 31 heavy (non-hydrogen) atoms. The normalized spacial score (nSPS) is 17.1. The first-order valence-corrected chi connectivity index (χ1v) is 10.0. The molecule has 154 valence electrons. The molecule has 0 unspecified atom stereocenters. The summed E-state index contributed by atoms with van der Waals surface area (Å²) < 4.78 is 1.68. The average molecular weight is 434 g/mol. The molecule has 1 aliphatic heterocycles. The molecule has 2 aliphatic rings. The number of imide groups is 1. The molecule has 9 nitrogen and oxygen atoms in total. The Hall–Kier alpha value is -3.90. The van der Waals surface area contributed by atoms with Gasteiger partial charge in [-0.05, 0) is 37.1 Å². The van der Waals surface area contributed by atoms with Crippen molar-refractivity contribution in [3.05, 3.63) is 52.2 Å². The van der Waals surface area contributed by atoms with E-state index in [1.165, 1.54) is 0 Å². The summed E-state index contributed by atoms with van der Waals surface area (Å²) in [7, 11) is 0. The van der Waals surface area contributed by atoms with Crippen molar-refractivity contribution in [2.75, 3.05) is 10.6 Å². The Morgan fingerprint density at radius 2 is 2.13 bits per heavy atom. The first kappa shape index (κ1) is 19.1. The molecule has 3 N–H and O–H groups in total. The lowest BCUT2D eigenvalue weighted by Gasteiger charge is -2.12. The standard InChI is InChI=1S/C21H16ClN7O2/c22-16-7-15(2-1-11(16)9-23)25-17-8-18(26-14-3-4-14)29-20(27-17)13(10-24-29)5-12-6-19(30)28-21(12)31/h1-2,5,7-8,10,14,26H,3-4,6H2,(H,25,27)(H,28,30,31)/b12-5+. The highest BCUT2D eigenvalue weighted by atomic mass is 35.5. The minimum absolute atomic E-state index is 0.0328. The Kier molecular flexibility index (Phi) is 4.56. The fraction of sp³-hybridized carbons (Fsp3) is 0.190. The molecule has 2 amide bonds. The predicted octanol–water partition coefficient (Wildman–Crippen LogP) is 3.00. The molecule has 1 aromatic carbocycles. The number of carbonyl (C=O) groups is 2. The van der Waals surface area contributed by atoms with E-state index >= 15 is 0 Å². The van der Waals surface area contributed by atoms with Gasteiger partial charge in [0.25, 0.3) is 5.91 Å². The van der Waals surface area contributed by atoms with E-state index in [9.17, 15) is 9.59 Å². The van der Waals surface area contributed by atoms with Gasteiger partial charge < -0.3 is 10.6 Å². The molecular formula is C21H16ClN7O2. The number of hydrogen-bond acceptors (Lipinski definition) is 7. The van der Waals surface area contributed by atoms with Crippen molar-refractivity contribution in [3.63, 3.8) is 0 Å². The van der Waals surface area contributed by atoms with Gasteiger partial charge in [0.05, 0.1) is 23.2 Å². The van der Waals surface area contributed by atoms with Gasteiger partial charge >= 0.3 is 0 Å². The van der Waals surface area contributed by atoms with Gasteiger partial charge in [0.1, 0.15) is 17.7 Å². The summed E-state index contributed by atoms with van der Waals surface area (Å²) in [6.07, 6.45) is 5.45. The number of carbonyl (C=O) groups excluding carboxylic acids is 2. The molecule has 5 rings (SSSR count). The molecule has 0 bridgehead atoms. The minimum atomic E-state index is -0.401. The number of nitrogens with one attached hydrogen (secondary N) is 3. The van der Waals surface area contributed by atoms with Crippen LogP contribution in [0.1, 0.15) is 30.4 Å². The SMILES string of the molecule is N#Cc1ccc(Nc2cc(NC3CC3)n3ncc(/C=C4\CC(=O)NC4=O)c3n2)cc1Cl. The van der Waals surface area contributed by atoms with E-state index in [0.717, 1.165) is 18.7 Å². The number of anilines is 3. The summed E-state index contributed by atoms with van der Waals surface area (Å²) in [6, 6.07) is 9.30. The first-order valence-electron chi connectivity index (χ1n) is 9.67. The monoisotopic (exact) mass is 433 g/mol. The highest BCUT2D eigenvalue weighted by Crippen LogP contribution is 2.29. The topological polar surface area (TPSA) is 124 Å². The van der Waals surface area contributed by atoms with Crippen LogP contribution in [0, 0.1) is 11.3 Å². The van der Waals surface area contributed by atoms with Gasteiger partial charge in [-0.1, -0.05) is 11.6 Å². The second kappa shape index (κ2) is 7.41. The van der Waals surface area contributed by atoms with Crippen molar-refractivity contribution in [1.82, 2.24) is 19.9 Å². The second-order valence-electron chi connectivity index (χ2n) is 7.44. The summed E-state index contributed by atoms with van der Waals surface area (Å²) in [5.74, 6) is 0.578.